The Balaban J connectivity index is 2.25. The number of rotatable bonds is 7. The number of hydrogen-bond acceptors (Lipinski definition) is 2. The van der Waals surface area contributed by atoms with Gasteiger partial charge in [-0.1, -0.05) is 39.3 Å². The number of nitrogens with zero attached hydrogens (tertiary/aromatic N) is 1. The summed E-state index contributed by atoms with van der Waals surface area (Å²) in [5.74, 6) is 0.647. The second-order valence-electron chi connectivity index (χ2n) is 7.49. The molecule has 0 fully saturated rings. The lowest BCUT2D eigenvalue weighted by Gasteiger charge is -2.48. The molecule has 0 spiro atoms. The fraction of sp³-hybridized carbons (Fsp3) is 0.700. The molecule has 1 atom stereocenters. The molecule has 1 aliphatic rings. The van der Waals surface area contributed by atoms with Crippen molar-refractivity contribution in [3.05, 3.63) is 29.3 Å². The van der Waals surface area contributed by atoms with Crippen molar-refractivity contribution in [2.24, 2.45) is 0 Å². The van der Waals surface area contributed by atoms with Crippen LogP contribution in [0.2, 0.25) is 0 Å². The van der Waals surface area contributed by atoms with Gasteiger partial charge in [0.15, 0.2) is 0 Å². The number of fused-ring (bicyclic) bond motifs is 1. The maximum absolute atomic E-state index is 3.52. The Hall–Kier alpha value is -1.02. The number of anilines is 1. The molecule has 1 heterocycles. The van der Waals surface area contributed by atoms with E-state index in [0.29, 0.717) is 5.92 Å². The van der Waals surface area contributed by atoms with E-state index in [2.05, 4.69) is 63.0 Å². The molecule has 1 aliphatic heterocycles. The van der Waals surface area contributed by atoms with Crippen LogP contribution in [0.25, 0.3) is 0 Å². The van der Waals surface area contributed by atoms with E-state index in [1.54, 1.807) is 5.56 Å². The zero-order chi connectivity index (χ0) is 16.2. The third-order valence-electron chi connectivity index (χ3n) is 4.94. The van der Waals surface area contributed by atoms with E-state index in [1.807, 2.05) is 0 Å². The Labute approximate surface area is 137 Å². The van der Waals surface area contributed by atoms with Gasteiger partial charge in [0.05, 0.1) is 0 Å². The average Bonchev–Trinajstić information content (AvgIpc) is 2.47. The van der Waals surface area contributed by atoms with Gasteiger partial charge >= 0.3 is 0 Å². The summed E-state index contributed by atoms with van der Waals surface area (Å²) >= 11 is 0. The zero-order valence-electron chi connectivity index (χ0n) is 15.2. The van der Waals surface area contributed by atoms with Crippen LogP contribution in [0, 0.1) is 0 Å². The van der Waals surface area contributed by atoms with Crippen LogP contribution in [-0.4, -0.2) is 18.6 Å². The van der Waals surface area contributed by atoms with Crippen molar-refractivity contribution in [2.75, 3.05) is 18.0 Å². The molecule has 0 bridgehead atoms. The van der Waals surface area contributed by atoms with E-state index >= 15 is 0 Å². The monoisotopic (exact) mass is 302 g/mol. The van der Waals surface area contributed by atoms with Gasteiger partial charge in [0, 0.05) is 24.3 Å². The zero-order valence-corrected chi connectivity index (χ0v) is 15.2. The van der Waals surface area contributed by atoms with Crippen LogP contribution in [0.4, 0.5) is 5.69 Å². The third-order valence-corrected chi connectivity index (χ3v) is 4.94. The van der Waals surface area contributed by atoms with Crippen LogP contribution in [0.5, 0.6) is 0 Å². The Morgan fingerprint density at radius 2 is 2.00 bits per heavy atom. The summed E-state index contributed by atoms with van der Waals surface area (Å²) < 4.78 is 0. The first-order valence-corrected chi connectivity index (χ1v) is 9.10. The van der Waals surface area contributed by atoms with Crippen molar-refractivity contribution in [2.45, 2.75) is 78.3 Å². The second kappa shape index (κ2) is 7.50. The lowest BCUT2D eigenvalue weighted by molar-refractivity contribution is 0.373. The summed E-state index contributed by atoms with van der Waals surface area (Å²) in [7, 11) is 0. The van der Waals surface area contributed by atoms with Gasteiger partial charge in [-0.05, 0) is 62.8 Å². The lowest BCUT2D eigenvalue weighted by Crippen LogP contribution is -2.48. The van der Waals surface area contributed by atoms with Gasteiger partial charge in [0.1, 0.15) is 0 Å². The normalized spacial score (nSPS) is 20.0. The third kappa shape index (κ3) is 3.84. The van der Waals surface area contributed by atoms with Gasteiger partial charge in [-0.15, -0.1) is 0 Å². The second-order valence-corrected chi connectivity index (χ2v) is 7.49. The van der Waals surface area contributed by atoms with Crippen LogP contribution in [0.1, 0.15) is 77.3 Å². The summed E-state index contributed by atoms with van der Waals surface area (Å²) in [4.78, 5) is 2.65. The molecule has 2 nitrogen and oxygen atoms in total. The van der Waals surface area contributed by atoms with E-state index in [0.717, 1.165) is 13.1 Å². The highest BCUT2D eigenvalue weighted by molar-refractivity contribution is 5.60. The Morgan fingerprint density at radius 1 is 1.23 bits per heavy atom. The fourth-order valence-corrected chi connectivity index (χ4v) is 3.80. The molecule has 0 aliphatic carbocycles. The fourth-order valence-electron chi connectivity index (χ4n) is 3.80. The summed E-state index contributed by atoms with van der Waals surface area (Å²) in [6, 6.07) is 7.12. The number of benzene rings is 1. The standard InChI is InChI=1S/C20H34N2/c1-6-8-12-22-19-10-9-17(15-21-11-7-2)13-18(19)16(3)14-20(22,4)5/h9-10,13,16,21H,6-8,11-12,14-15H2,1-5H3. The van der Waals surface area contributed by atoms with Gasteiger partial charge in [-0.3, -0.25) is 0 Å². The van der Waals surface area contributed by atoms with Crippen LogP contribution in [-0.2, 0) is 6.54 Å². The molecular formula is C20H34N2. The molecule has 0 radical (unpaired) electrons. The lowest BCUT2D eigenvalue weighted by atomic mass is 9.79. The highest BCUT2D eigenvalue weighted by Gasteiger charge is 2.35. The molecular weight excluding hydrogens is 268 g/mol. The van der Waals surface area contributed by atoms with Gasteiger partial charge in [0.2, 0.25) is 0 Å². The molecule has 22 heavy (non-hydrogen) atoms. The van der Waals surface area contributed by atoms with Gasteiger partial charge < -0.3 is 10.2 Å². The number of unbranched alkanes of at least 4 members (excludes halogenated alkanes) is 1. The van der Waals surface area contributed by atoms with E-state index in [9.17, 15) is 0 Å². The van der Waals surface area contributed by atoms with Gasteiger partial charge in [0.25, 0.3) is 0 Å². The minimum absolute atomic E-state index is 0.267. The first kappa shape index (κ1) is 17.3. The van der Waals surface area contributed by atoms with Crippen molar-refractivity contribution >= 4 is 5.69 Å². The quantitative estimate of drug-likeness (QED) is 0.707. The molecule has 1 aromatic rings. The van der Waals surface area contributed by atoms with Crippen LogP contribution in [0.3, 0.4) is 0 Å². The van der Waals surface area contributed by atoms with Gasteiger partial charge in [-0.2, -0.15) is 0 Å². The first-order chi connectivity index (χ1) is 10.5. The largest absolute Gasteiger partial charge is 0.366 e. The summed E-state index contributed by atoms with van der Waals surface area (Å²) in [6.45, 7) is 15.0. The van der Waals surface area contributed by atoms with Gasteiger partial charge in [-0.25, -0.2) is 0 Å². The van der Waals surface area contributed by atoms with E-state index in [1.165, 1.54) is 43.5 Å². The maximum Gasteiger partial charge on any atom is 0.0406 e. The molecule has 1 unspecified atom stereocenters. The SMILES string of the molecule is CCCCN1c2ccc(CNCCC)cc2C(C)CC1(C)C. The smallest absolute Gasteiger partial charge is 0.0406 e. The first-order valence-electron chi connectivity index (χ1n) is 9.10. The highest BCUT2D eigenvalue weighted by atomic mass is 15.2. The number of nitrogens with one attached hydrogen (secondary N) is 1. The molecule has 0 saturated heterocycles. The topological polar surface area (TPSA) is 15.3 Å². The van der Waals surface area contributed by atoms with E-state index < -0.39 is 0 Å². The van der Waals surface area contributed by atoms with Crippen molar-refractivity contribution in [3.63, 3.8) is 0 Å². The van der Waals surface area contributed by atoms with Crippen molar-refractivity contribution < 1.29 is 0 Å². The number of hydrogen-bond donors (Lipinski definition) is 1. The molecule has 2 heteroatoms. The Bertz CT molecular complexity index is 479. The Morgan fingerprint density at radius 3 is 2.68 bits per heavy atom. The average molecular weight is 303 g/mol. The summed E-state index contributed by atoms with van der Waals surface area (Å²) in [5, 5.41) is 3.52. The Kier molecular flexibility index (Phi) is 5.91. The van der Waals surface area contributed by atoms with Crippen molar-refractivity contribution in [1.29, 1.82) is 0 Å². The van der Waals surface area contributed by atoms with E-state index in [4.69, 9.17) is 0 Å². The minimum atomic E-state index is 0.267. The molecule has 124 valence electrons. The molecule has 1 aromatic carbocycles. The predicted octanol–water partition coefficient (Wildman–Crippen LogP) is 5.08. The predicted molar refractivity (Wildman–Crippen MR) is 97.8 cm³/mol. The molecule has 1 N–H and O–H groups in total. The molecule has 0 saturated carbocycles. The highest BCUT2D eigenvalue weighted by Crippen LogP contribution is 2.43. The molecule has 0 aromatic heterocycles. The van der Waals surface area contributed by atoms with E-state index in [-0.39, 0.29) is 5.54 Å². The van der Waals surface area contributed by atoms with Crippen LogP contribution >= 0.6 is 0 Å². The summed E-state index contributed by atoms with van der Waals surface area (Å²) in [5.41, 5.74) is 4.71. The minimum Gasteiger partial charge on any atom is -0.366 e. The molecule has 2 rings (SSSR count). The molecule has 0 amide bonds. The van der Waals surface area contributed by atoms with Crippen molar-refractivity contribution in [1.82, 2.24) is 5.32 Å². The van der Waals surface area contributed by atoms with Crippen LogP contribution < -0.4 is 10.2 Å². The summed E-state index contributed by atoms with van der Waals surface area (Å²) in [6.07, 6.45) is 4.98. The van der Waals surface area contributed by atoms with Crippen LogP contribution in [0.15, 0.2) is 18.2 Å². The van der Waals surface area contributed by atoms with Crippen molar-refractivity contribution in [3.8, 4) is 0 Å². The maximum atomic E-state index is 3.52.